The van der Waals surface area contributed by atoms with Gasteiger partial charge in [-0.3, -0.25) is 9.59 Å². The first kappa shape index (κ1) is 19.2. The smallest absolute Gasteiger partial charge is 0.319 e. The van der Waals surface area contributed by atoms with Crippen molar-refractivity contribution in [1.82, 2.24) is 14.6 Å². The molecule has 2 unspecified atom stereocenters. The molecule has 0 aromatic carbocycles. The van der Waals surface area contributed by atoms with E-state index in [0.717, 1.165) is 36.9 Å². The largest absolute Gasteiger partial charge is 0.462 e. The Kier molecular flexibility index (Phi) is 6.36. The number of hydrogen-bond acceptors (Lipinski definition) is 7. The molecule has 3 rings (SSSR count). The Morgan fingerprint density at radius 3 is 3.04 bits per heavy atom. The van der Waals surface area contributed by atoms with E-state index in [1.165, 1.54) is 6.33 Å². The van der Waals surface area contributed by atoms with E-state index in [1.54, 1.807) is 4.52 Å². The first-order valence-electron chi connectivity index (χ1n) is 9.26. The minimum Gasteiger partial charge on any atom is -0.462 e. The highest BCUT2D eigenvalue weighted by atomic mass is 16.6. The van der Waals surface area contributed by atoms with Crippen LogP contribution in [-0.4, -0.2) is 45.7 Å². The van der Waals surface area contributed by atoms with Crippen LogP contribution in [0, 0.1) is 0 Å². The molecule has 27 heavy (non-hydrogen) atoms. The highest BCUT2D eigenvalue weighted by Crippen LogP contribution is 2.34. The van der Waals surface area contributed by atoms with Gasteiger partial charge < -0.3 is 20.5 Å². The number of hydrogen-bond donors (Lipinski definition) is 2. The first-order valence-corrected chi connectivity index (χ1v) is 9.26. The molecule has 1 fully saturated rings. The standard InChI is InChI=1S/C18H25N5O4/c1-2-3-4-16(24)22-18-14-7-6-13(23(14)21-11-20-18)15-8-5-12(27-15)10-26-17(25)9-19/h6-7,11-12,15H,2-5,8-10,19H2,1H3,(H,20,21,22,24). The van der Waals surface area contributed by atoms with Crippen LogP contribution in [0.25, 0.3) is 5.52 Å². The average Bonchev–Trinajstić information content (AvgIpc) is 3.31. The quantitative estimate of drug-likeness (QED) is 0.672. The molecule has 3 heterocycles. The molecule has 2 atom stereocenters. The number of carbonyl (C=O) groups excluding carboxylic acids is 2. The molecule has 2 aromatic rings. The number of nitrogens with zero attached hydrogens (tertiary/aromatic N) is 3. The summed E-state index contributed by atoms with van der Waals surface area (Å²) in [6.07, 6.45) is 4.93. The Balaban J connectivity index is 1.69. The number of nitrogens with one attached hydrogen (secondary N) is 1. The summed E-state index contributed by atoms with van der Waals surface area (Å²) in [6, 6.07) is 3.79. The highest BCUT2D eigenvalue weighted by molar-refractivity contribution is 5.93. The van der Waals surface area contributed by atoms with E-state index in [9.17, 15) is 9.59 Å². The summed E-state index contributed by atoms with van der Waals surface area (Å²) in [6.45, 7) is 2.11. The molecule has 2 aromatic heterocycles. The van der Waals surface area contributed by atoms with Gasteiger partial charge in [0.2, 0.25) is 5.91 Å². The zero-order chi connectivity index (χ0) is 19.2. The average molecular weight is 375 g/mol. The van der Waals surface area contributed by atoms with E-state index in [-0.39, 0.29) is 31.3 Å². The fraction of sp³-hybridized carbons (Fsp3) is 0.556. The number of fused-ring (bicyclic) bond motifs is 1. The monoisotopic (exact) mass is 375 g/mol. The molecule has 0 aliphatic carbocycles. The molecule has 0 saturated carbocycles. The van der Waals surface area contributed by atoms with Crippen LogP contribution in [0.15, 0.2) is 18.5 Å². The Morgan fingerprint density at radius 1 is 1.41 bits per heavy atom. The second kappa shape index (κ2) is 8.92. The van der Waals surface area contributed by atoms with Crippen molar-refractivity contribution in [3.63, 3.8) is 0 Å². The molecular weight excluding hydrogens is 350 g/mol. The summed E-state index contributed by atoms with van der Waals surface area (Å²) >= 11 is 0. The van der Waals surface area contributed by atoms with Crippen molar-refractivity contribution >= 4 is 23.2 Å². The number of rotatable bonds is 8. The lowest BCUT2D eigenvalue weighted by atomic mass is 10.1. The number of amides is 1. The van der Waals surface area contributed by atoms with Crippen molar-refractivity contribution in [2.45, 2.75) is 51.2 Å². The van der Waals surface area contributed by atoms with Crippen LogP contribution in [0.3, 0.4) is 0 Å². The maximum Gasteiger partial charge on any atom is 0.319 e. The molecule has 1 amide bonds. The highest BCUT2D eigenvalue weighted by Gasteiger charge is 2.30. The van der Waals surface area contributed by atoms with Crippen LogP contribution in [0.2, 0.25) is 0 Å². The number of ether oxygens (including phenoxy) is 2. The number of aromatic nitrogens is 3. The van der Waals surface area contributed by atoms with Gasteiger partial charge in [-0.05, 0) is 31.4 Å². The number of carbonyl (C=O) groups is 2. The van der Waals surface area contributed by atoms with Crippen molar-refractivity contribution in [1.29, 1.82) is 0 Å². The predicted octanol–water partition coefficient (Wildman–Crippen LogP) is 1.58. The lowest BCUT2D eigenvalue weighted by Crippen LogP contribution is -2.23. The number of nitrogens with two attached hydrogens (primary N) is 1. The van der Waals surface area contributed by atoms with Crippen molar-refractivity contribution in [3.05, 3.63) is 24.2 Å². The number of unbranched alkanes of at least 4 members (excludes halogenated alkanes) is 1. The molecule has 0 bridgehead atoms. The molecule has 9 heteroatoms. The summed E-state index contributed by atoms with van der Waals surface area (Å²) in [4.78, 5) is 27.4. The molecule has 146 valence electrons. The normalized spacial score (nSPS) is 19.3. The Morgan fingerprint density at radius 2 is 2.26 bits per heavy atom. The van der Waals surface area contributed by atoms with Crippen LogP contribution in [0.4, 0.5) is 5.82 Å². The maximum absolute atomic E-state index is 12.0. The molecule has 1 saturated heterocycles. The SMILES string of the molecule is CCCCC(=O)Nc1ncnn2c(C3CCC(COC(=O)CN)O3)ccc12. The van der Waals surface area contributed by atoms with Crippen LogP contribution < -0.4 is 11.1 Å². The van der Waals surface area contributed by atoms with Gasteiger partial charge >= 0.3 is 5.97 Å². The fourth-order valence-electron chi connectivity index (χ4n) is 3.12. The van der Waals surface area contributed by atoms with Crippen LogP contribution in [0.5, 0.6) is 0 Å². The molecule has 9 nitrogen and oxygen atoms in total. The maximum atomic E-state index is 12.0. The summed E-state index contributed by atoms with van der Waals surface area (Å²) in [5.41, 5.74) is 6.84. The molecular formula is C18H25N5O4. The van der Waals surface area contributed by atoms with Gasteiger partial charge in [-0.25, -0.2) is 9.50 Å². The third kappa shape index (κ3) is 4.61. The molecule has 1 aliphatic rings. The fourth-order valence-corrected chi connectivity index (χ4v) is 3.12. The van der Waals surface area contributed by atoms with Gasteiger partial charge in [0.1, 0.15) is 24.6 Å². The van der Waals surface area contributed by atoms with Crippen molar-refractivity contribution < 1.29 is 19.1 Å². The van der Waals surface area contributed by atoms with Crippen LogP contribution in [-0.2, 0) is 19.1 Å². The predicted molar refractivity (Wildman–Crippen MR) is 98.0 cm³/mol. The van der Waals surface area contributed by atoms with E-state index >= 15 is 0 Å². The van der Waals surface area contributed by atoms with E-state index in [1.807, 2.05) is 19.1 Å². The van der Waals surface area contributed by atoms with Gasteiger partial charge in [-0.15, -0.1) is 0 Å². The topological polar surface area (TPSA) is 121 Å². The van der Waals surface area contributed by atoms with Gasteiger partial charge in [0.15, 0.2) is 5.82 Å². The summed E-state index contributed by atoms with van der Waals surface area (Å²) < 4.78 is 12.8. The lowest BCUT2D eigenvalue weighted by Gasteiger charge is -2.14. The van der Waals surface area contributed by atoms with E-state index < -0.39 is 5.97 Å². The Hall–Kier alpha value is -2.52. The second-order valence-electron chi connectivity index (χ2n) is 6.53. The number of anilines is 1. The summed E-state index contributed by atoms with van der Waals surface area (Å²) in [5.74, 6) is -0.00532. The van der Waals surface area contributed by atoms with Gasteiger partial charge in [0.05, 0.1) is 18.3 Å². The zero-order valence-electron chi connectivity index (χ0n) is 15.4. The van der Waals surface area contributed by atoms with Gasteiger partial charge in [0.25, 0.3) is 0 Å². The van der Waals surface area contributed by atoms with Crippen LogP contribution in [0.1, 0.15) is 50.8 Å². The Bertz CT molecular complexity index is 806. The van der Waals surface area contributed by atoms with Crippen molar-refractivity contribution in [2.75, 3.05) is 18.5 Å². The second-order valence-corrected chi connectivity index (χ2v) is 6.53. The Labute approximate surface area is 157 Å². The van der Waals surface area contributed by atoms with Gasteiger partial charge in [-0.2, -0.15) is 5.10 Å². The van der Waals surface area contributed by atoms with E-state index in [4.69, 9.17) is 15.2 Å². The molecule has 0 spiro atoms. The minimum atomic E-state index is -0.439. The minimum absolute atomic E-state index is 0.0564. The molecule has 0 radical (unpaired) electrons. The molecule has 1 aliphatic heterocycles. The van der Waals surface area contributed by atoms with Gasteiger partial charge in [-0.1, -0.05) is 13.3 Å². The zero-order valence-corrected chi connectivity index (χ0v) is 15.4. The van der Waals surface area contributed by atoms with Crippen molar-refractivity contribution in [2.24, 2.45) is 5.73 Å². The lowest BCUT2D eigenvalue weighted by molar-refractivity contribution is -0.146. The third-order valence-electron chi connectivity index (χ3n) is 4.53. The summed E-state index contributed by atoms with van der Waals surface area (Å²) in [7, 11) is 0. The van der Waals surface area contributed by atoms with Crippen LogP contribution >= 0.6 is 0 Å². The number of esters is 1. The molecule has 3 N–H and O–H groups in total. The van der Waals surface area contributed by atoms with Crippen molar-refractivity contribution in [3.8, 4) is 0 Å². The van der Waals surface area contributed by atoms with E-state index in [2.05, 4.69) is 15.4 Å². The van der Waals surface area contributed by atoms with Gasteiger partial charge in [0, 0.05) is 6.42 Å². The third-order valence-corrected chi connectivity index (χ3v) is 4.53. The summed E-state index contributed by atoms with van der Waals surface area (Å²) in [5, 5.41) is 7.15. The first-order chi connectivity index (χ1) is 13.1. The van der Waals surface area contributed by atoms with E-state index in [0.29, 0.717) is 12.2 Å².